The first-order valence-corrected chi connectivity index (χ1v) is 7.59. The molecule has 106 valence electrons. The zero-order valence-electron chi connectivity index (χ0n) is 10.7. The maximum absolute atomic E-state index is 12.1. The van der Waals surface area contributed by atoms with Crippen LogP contribution in [0, 0.1) is 0 Å². The number of carbonyl (C=O) groups excluding carboxylic acids is 1. The summed E-state index contributed by atoms with van der Waals surface area (Å²) in [6.07, 6.45) is 0. The van der Waals surface area contributed by atoms with Crippen LogP contribution in [0.5, 0.6) is 0 Å². The Morgan fingerprint density at radius 3 is 2.80 bits per heavy atom. The molecule has 4 nitrogen and oxygen atoms in total. The SMILES string of the molecule is CCNc1cc(C(=O)NCc2ccc(Cl)s2)cc(Cl)n1. The summed E-state index contributed by atoms with van der Waals surface area (Å²) in [7, 11) is 0. The van der Waals surface area contributed by atoms with Crippen LogP contribution in [0.2, 0.25) is 9.49 Å². The largest absolute Gasteiger partial charge is 0.370 e. The first-order chi connectivity index (χ1) is 9.58. The highest BCUT2D eigenvalue weighted by atomic mass is 35.5. The highest BCUT2D eigenvalue weighted by Crippen LogP contribution is 2.21. The fourth-order valence-corrected chi connectivity index (χ4v) is 2.85. The molecule has 0 atom stereocenters. The third-order valence-electron chi connectivity index (χ3n) is 2.47. The minimum absolute atomic E-state index is 0.196. The molecule has 0 aromatic carbocycles. The fraction of sp³-hybridized carbons (Fsp3) is 0.231. The van der Waals surface area contributed by atoms with Gasteiger partial charge < -0.3 is 10.6 Å². The number of amides is 1. The van der Waals surface area contributed by atoms with Crippen LogP contribution in [0.4, 0.5) is 5.82 Å². The van der Waals surface area contributed by atoms with Gasteiger partial charge in [0.1, 0.15) is 11.0 Å². The van der Waals surface area contributed by atoms with Crippen molar-refractivity contribution in [2.24, 2.45) is 0 Å². The van der Waals surface area contributed by atoms with Gasteiger partial charge in [-0.25, -0.2) is 4.98 Å². The van der Waals surface area contributed by atoms with Crippen molar-refractivity contribution in [2.45, 2.75) is 13.5 Å². The molecule has 0 aliphatic rings. The van der Waals surface area contributed by atoms with Crippen LogP contribution < -0.4 is 10.6 Å². The van der Waals surface area contributed by atoms with Gasteiger partial charge in [0.25, 0.3) is 5.91 Å². The summed E-state index contributed by atoms with van der Waals surface area (Å²) in [5.41, 5.74) is 0.476. The van der Waals surface area contributed by atoms with E-state index in [1.54, 1.807) is 18.2 Å². The van der Waals surface area contributed by atoms with Crippen molar-refractivity contribution < 1.29 is 4.79 Å². The Balaban J connectivity index is 2.04. The lowest BCUT2D eigenvalue weighted by molar-refractivity contribution is 0.0951. The molecule has 2 aromatic heterocycles. The summed E-state index contributed by atoms with van der Waals surface area (Å²) in [4.78, 5) is 17.2. The number of hydrogen-bond donors (Lipinski definition) is 2. The van der Waals surface area contributed by atoms with Crippen LogP contribution >= 0.6 is 34.5 Å². The molecule has 0 radical (unpaired) electrons. The second-order valence-corrected chi connectivity index (χ2v) is 6.17. The maximum atomic E-state index is 12.1. The van der Waals surface area contributed by atoms with Gasteiger partial charge in [0, 0.05) is 17.0 Å². The highest BCUT2D eigenvalue weighted by Gasteiger charge is 2.09. The number of anilines is 1. The highest BCUT2D eigenvalue weighted by molar-refractivity contribution is 7.16. The van der Waals surface area contributed by atoms with E-state index in [2.05, 4.69) is 15.6 Å². The van der Waals surface area contributed by atoms with E-state index in [0.717, 1.165) is 4.88 Å². The van der Waals surface area contributed by atoms with Crippen molar-refractivity contribution in [3.05, 3.63) is 44.2 Å². The molecule has 20 heavy (non-hydrogen) atoms. The third-order valence-corrected chi connectivity index (χ3v) is 3.89. The van der Waals surface area contributed by atoms with E-state index < -0.39 is 0 Å². The third kappa shape index (κ3) is 4.10. The average molecular weight is 330 g/mol. The molecular formula is C13H13Cl2N3OS. The van der Waals surface area contributed by atoms with Crippen LogP contribution in [0.3, 0.4) is 0 Å². The Morgan fingerprint density at radius 2 is 2.15 bits per heavy atom. The van der Waals surface area contributed by atoms with E-state index in [1.807, 2.05) is 13.0 Å². The number of pyridine rings is 1. The number of halogens is 2. The Hall–Kier alpha value is -1.30. The summed E-state index contributed by atoms with van der Waals surface area (Å²) in [5, 5.41) is 6.14. The summed E-state index contributed by atoms with van der Waals surface area (Å²) < 4.78 is 0.704. The Morgan fingerprint density at radius 1 is 1.35 bits per heavy atom. The number of aromatic nitrogens is 1. The minimum atomic E-state index is -0.196. The Labute approximate surface area is 131 Å². The first-order valence-electron chi connectivity index (χ1n) is 6.02. The molecule has 0 bridgehead atoms. The van der Waals surface area contributed by atoms with E-state index in [-0.39, 0.29) is 11.1 Å². The molecule has 2 aromatic rings. The second-order valence-electron chi connectivity index (χ2n) is 3.98. The van der Waals surface area contributed by atoms with Gasteiger partial charge in [-0.2, -0.15) is 0 Å². The van der Waals surface area contributed by atoms with Crippen molar-refractivity contribution in [1.82, 2.24) is 10.3 Å². The molecule has 2 N–H and O–H groups in total. The molecule has 2 rings (SSSR count). The van der Waals surface area contributed by atoms with Crippen LogP contribution in [-0.4, -0.2) is 17.4 Å². The van der Waals surface area contributed by atoms with Crippen LogP contribution in [0.15, 0.2) is 24.3 Å². The van der Waals surface area contributed by atoms with Gasteiger partial charge >= 0.3 is 0 Å². The van der Waals surface area contributed by atoms with Crippen LogP contribution in [-0.2, 0) is 6.54 Å². The molecule has 7 heteroatoms. The Bertz CT molecular complexity index is 615. The first kappa shape index (κ1) is 15.1. The zero-order chi connectivity index (χ0) is 14.5. The monoisotopic (exact) mass is 329 g/mol. The number of nitrogens with zero attached hydrogens (tertiary/aromatic N) is 1. The quantitative estimate of drug-likeness (QED) is 0.820. The predicted molar refractivity (Wildman–Crippen MR) is 83.9 cm³/mol. The molecule has 0 spiro atoms. The molecule has 0 saturated heterocycles. The van der Waals surface area contributed by atoms with Gasteiger partial charge in [0.05, 0.1) is 10.9 Å². The molecule has 0 aliphatic heterocycles. The van der Waals surface area contributed by atoms with Gasteiger partial charge in [-0.1, -0.05) is 23.2 Å². The maximum Gasteiger partial charge on any atom is 0.251 e. The number of thiophene rings is 1. The van der Waals surface area contributed by atoms with E-state index in [0.29, 0.717) is 28.8 Å². The summed E-state index contributed by atoms with van der Waals surface area (Å²) in [5.74, 6) is 0.391. The molecule has 2 heterocycles. The zero-order valence-corrected chi connectivity index (χ0v) is 13.1. The average Bonchev–Trinajstić information content (AvgIpc) is 2.81. The predicted octanol–water partition coefficient (Wildman–Crippen LogP) is 3.81. The topological polar surface area (TPSA) is 54.0 Å². The number of hydrogen-bond acceptors (Lipinski definition) is 4. The lowest BCUT2D eigenvalue weighted by Crippen LogP contribution is -2.22. The van der Waals surface area contributed by atoms with Crippen molar-refractivity contribution in [1.29, 1.82) is 0 Å². The number of nitrogens with one attached hydrogen (secondary N) is 2. The summed E-state index contributed by atoms with van der Waals surface area (Å²) in [6.45, 7) is 3.09. The van der Waals surface area contributed by atoms with Gasteiger partial charge in [-0.15, -0.1) is 11.3 Å². The van der Waals surface area contributed by atoms with E-state index in [9.17, 15) is 4.79 Å². The van der Waals surface area contributed by atoms with Crippen molar-refractivity contribution in [3.63, 3.8) is 0 Å². The molecule has 0 unspecified atom stereocenters. The van der Waals surface area contributed by atoms with Crippen LogP contribution in [0.1, 0.15) is 22.2 Å². The van der Waals surface area contributed by atoms with Gasteiger partial charge in [-0.05, 0) is 31.2 Å². The van der Waals surface area contributed by atoms with E-state index in [1.165, 1.54) is 11.3 Å². The van der Waals surface area contributed by atoms with Gasteiger partial charge in [0.2, 0.25) is 0 Å². The van der Waals surface area contributed by atoms with E-state index in [4.69, 9.17) is 23.2 Å². The van der Waals surface area contributed by atoms with Gasteiger partial charge in [-0.3, -0.25) is 4.79 Å². The molecule has 0 aliphatic carbocycles. The van der Waals surface area contributed by atoms with Gasteiger partial charge in [0.15, 0.2) is 0 Å². The van der Waals surface area contributed by atoms with E-state index >= 15 is 0 Å². The van der Waals surface area contributed by atoms with Crippen molar-refractivity contribution in [3.8, 4) is 0 Å². The lowest BCUT2D eigenvalue weighted by atomic mass is 10.2. The number of rotatable bonds is 5. The standard InChI is InChI=1S/C13H13Cl2N3OS/c1-2-16-12-6-8(5-10(14)18-12)13(19)17-7-9-3-4-11(15)20-9/h3-6H,2,7H2,1H3,(H,16,18)(H,17,19). The number of carbonyl (C=O) groups is 1. The smallest absolute Gasteiger partial charge is 0.251 e. The summed E-state index contributed by atoms with van der Waals surface area (Å²) in [6, 6.07) is 6.91. The Kier molecular flexibility index (Phi) is 5.23. The van der Waals surface area contributed by atoms with Crippen molar-refractivity contribution in [2.75, 3.05) is 11.9 Å². The molecule has 0 saturated carbocycles. The molecule has 1 amide bonds. The summed E-state index contributed by atoms with van der Waals surface area (Å²) >= 11 is 13.2. The molecule has 0 fully saturated rings. The second kappa shape index (κ2) is 6.92. The molecular weight excluding hydrogens is 317 g/mol. The lowest BCUT2D eigenvalue weighted by Gasteiger charge is -2.07. The van der Waals surface area contributed by atoms with Crippen molar-refractivity contribution >= 4 is 46.3 Å². The fourth-order valence-electron chi connectivity index (χ4n) is 1.62. The normalized spacial score (nSPS) is 10.3. The van der Waals surface area contributed by atoms with Crippen LogP contribution in [0.25, 0.3) is 0 Å². The minimum Gasteiger partial charge on any atom is -0.370 e.